The van der Waals surface area contributed by atoms with Crippen molar-refractivity contribution in [1.29, 1.82) is 0 Å². The molecule has 0 bridgehead atoms. The first-order chi connectivity index (χ1) is 9.24. The number of fused-ring (bicyclic) bond motifs is 1. The number of rotatable bonds is 3. The fraction of sp³-hybridized carbons (Fsp3) is 0.357. The minimum Gasteiger partial charge on any atom is -0.383 e. The zero-order valence-electron chi connectivity index (χ0n) is 10.8. The Kier molecular flexibility index (Phi) is 3.62. The fourth-order valence-electron chi connectivity index (χ4n) is 2.42. The molecule has 1 aromatic carbocycles. The minimum absolute atomic E-state index is 0.599. The second-order valence-electron chi connectivity index (χ2n) is 4.75. The van der Waals surface area contributed by atoms with Crippen LogP contribution in [0.25, 0.3) is 0 Å². The third kappa shape index (κ3) is 2.69. The van der Waals surface area contributed by atoms with Gasteiger partial charge in [0.25, 0.3) is 0 Å². The number of aryl methyl sites for hydroxylation is 2. The van der Waals surface area contributed by atoms with Crippen molar-refractivity contribution in [3.05, 3.63) is 38.8 Å². The number of thiazole rings is 1. The van der Waals surface area contributed by atoms with Gasteiger partial charge in [-0.25, -0.2) is 4.98 Å². The lowest BCUT2D eigenvalue weighted by atomic mass is 9.99. The van der Waals surface area contributed by atoms with Crippen LogP contribution in [-0.4, -0.2) is 11.5 Å². The molecule has 1 aromatic heterocycles. The van der Waals surface area contributed by atoms with E-state index in [0.29, 0.717) is 4.47 Å². The average Bonchev–Trinajstić information content (AvgIpc) is 2.83. The second kappa shape index (κ2) is 5.39. The zero-order valence-corrected chi connectivity index (χ0v) is 12.4. The fourth-order valence-corrected chi connectivity index (χ4v) is 3.34. The molecule has 0 unspecified atom stereocenters. The molecule has 100 valence electrons. The molecule has 0 fully saturated rings. The summed E-state index contributed by atoms with van der Waals surface area (Å²) in [7, 11) is 0. The number of benzene rings is 1. The average molecular weight is 294 g/mol. The van der Waals surface area contributed by atoms with Gasteiger partial charge in [0, 0.05) is 17.6 Å². The van der Waals surface area contributed by atoms with Crippen LogP contribution >= 0.6 is 22.9 Å². The Morgan fingerprint density at radius 1 is 1.47 bits per heavy atom. The van der Waals surface area contributed by atoms with Gasteiger partial charge in [0.1, 0.15) is 0 Å². The Morgan fingerprint density at radius 2 is 2.37 bits per heavy atom. The lowest BCUT2D eigenvalue weighted by Crippen LogP contribution is -2.15. The molecule has 0 radical (unpaired) electrons. The standard InChI is InChI=1S/C14H16ClN3S/c1-9-4-5-10-3-2-6-16-13(10)12(9)17-7-11-8-18-14(15)19-11/h4-5,8,16-17H,2-3,6-7H2,1H3. The van der Waals surface area contributed by atoms with Crippen molar-refractivity contribution in [2.24, 2.45) is 0 Å². The molecule has 19 heavy (non-hydrogen) atoms. The van der Waals surface area contributed by atoms with Crippen molar-refractivity contribution in [3.8, 4) is 0 Å². The number of anilines is 2. The summed E-state index contributed by atoms with van der Waals surface area (Å²) in [5.41, 5.74) is 5.15. The van der Waals surface area contributed by atoms with Gasteiger partial charge in [-0.1, -0.05) is 23.7 Å². The maximum absolute atomic E-state index is 5.86. The number of hydrogen-bond acceptors (Lipinski definition) is 4. The van der Waals surface area contributed by atoms with E-state index >= 15 is 0 Å². The van der Waals surface area contributed by atoms with Crippen molar-refractivity contribution < 1.29 is 0 Å². The summed E-state index contributed by atoms with van der Waals surface area (Å²) < 4.78 is 0.599. The lowest BCUT2D eigenvalue weighted by Gasteiger charge is -2.23. The van der Waals surface area contributed by atoms with E-state index in [0.717, 1.165) is 24.4 Å². The first-order valence-electron chi connectivity index (χ1n) is 6.44. The highest BCUT2D eigenvalue weighted by Gasteiger charge is 2.14. The normalized spacial score (nSPS) is 13.8. The van der Waals surface area contributed by atoms with Gasteiger partial charge < -0.3 is 10.6 Å². The Balaban J connectivity index is 1.83. The number of hydrogen-bond donors (Lipinski definition) is 2. The summed E-state index contributed by atoms with van der Waals surface area (Å²) in [6.45, 7) is 3.96. The smallest absolute Gasteiger partial charge is 0.183 e. The van der Waals surface area contributed by atoms with Crippen molar-refractivity contribution in [2.45, 2.75) is 26.3 Å². The quantitative estimate of drug-likeness (QED) is 0.895. The molecule has 3 rings (SSSR count). The van der Waals surface area contributed by atoms with Crippen LogP contribution in [0.4, 0.5) is 11.4 Å². The molecule has 3 nitrogen and oxygen atoms in total. The maximum Gasteiger partial charge on any atom is 0.183 e. The summed E-state index contributed by atoms with van der Waals surface area (Å²) in [6, 6.07) is 4.42. The van der Waals surface area contributed by atoms with Crippen molar-refractivity contribution in [2.75, 3.05) is 17.2 Å². The predicted octanol–water partition coefficient (Wildman–Crippen LogP) is 4.08. The Labute approximate surface area is 122 Å². The van der Waals surface area contributed by atoms with Gasteiger partial charge in [0.2, 0.25) is 0 Å². The SMILES string of the molecule is Cc1ccc2c(c1NCc1cnc(Cl)s1)NCCC2. The van der Waals surface area contributed by atoms with Crippen LogP contribution in [-0.2, 0) is 13.0 Å². The highest BCUT2D eigenvalue weighted by Crippen LogP contribution is 2.33. The van der Waals surface area contributed by atoms with Crippen LogP contribution in [0.1, 0.15) is 22.4 Å². The molecule has 0 saturated carbocycles. The molecule has 2 N–H and O–H groups in total. The van der Waals surface area contributed by atoms with Crippen LogP contribution in [0.2, 0.25) is 4.47 Å². The monoisotopic (exact) mass is 293 g/mol. The summed E-state index contributed by atoms with van der Waals surface area (Å²) in [5, 5.41) is 7.03. The van der Waals surface area contributed by atoms with E-state index in [4.69, 9.17) is 11.6 Å². The van der Waals surface area contributed by atoms with Crippen LogP contribution in [0.3, 0.4) is 0 Å². The summed E-state index contributed by atoms with van der Waals surface area (Å²) in [4.78, 5) is 5.22. The van der Waals surface area contributed by atoms with Crippen molar-refractivity contribution in [1.82, 2.24) is 4.98 Å². The topological polar surface area (TPSA) is 37.0 Å². The van der Waals surface area contributed by atoms with Crippen LogP contribution in [0, 0.1) is 6.92 Å². The molecule has 5 heteroatoms. The first-order valence-corrected chi connectivity index (χ1v) is 7.64. The minimum atomic E-state index is 0.599. The first kappa shape index (κ1) is 12.8. The van der Waals surface area contributed by atoms with E-state index in [1.807, 2.05) is 6.20 Å². The van der Waals surface area contributed by atoms with Crippen LogP contribution in [0.15, 0.2) is 18.3 Å². The number of nitrogens with one attached hydrogen (secondary N) is 2. The molecular weight excluding hydrogens is 278 g/mol. The van der Waals surface area contributed by atoms with Gasteiger partial charge in [-0.2, -0.15) is 0 Å². The highest BCUT2D eigenvalue weighted by atomic mass is 35.5. The highest BCUT2D eigenvalue weighted by molar-refractivity contribution is 7.15. The molecular formula is C14H16ClN3S. The summed E-state index contributed by atoms with van der Waals surface area (Å²) in [6.07, 6.45) is 4.20. The summed E-state index contributed by atoms with van der Waals surface area (Å²) in [5.74, 6) is 0. The van der Waals surface area contributed by atoms with E-state index in [1.54, 1.807) is 0 Å². The van der Waals surface area contributed by atoms with Gasteiger partial charge in [0.05, 0.1) is 17.9 Å². The maximum atomic E-state index is 5.86. The van der Waals surface area contributed by atoms with E-state index < -0.39 is 0 Å². The summed E-state index contributed by atoms with van der Waals surface area (Å²) >= 11 is 7.38. The Hall–Kier alpha value is -1.26. The van der Waals surface area contributed by atoms with E-state index in [9.17, 15) is 0 Å². The molecule has 1 aliphatic heterocycles. The Morgan fingerprint density at radius 3 is 3.16 bits per heavy atom. The zero-order chi connectivity index (χ0) is 13.2. The second-order valence-corrected chi connectivity index (χ2v) is 6.45. The number of nitrogens with zero attached hydrogens (tertiary/aromatic N) is 1. The predicted molar refractivity (Wildman–Crippen MR) is 82.4 cm³/mol. The molecule has 0 aliphatic carbocycles. The van der Waals surface area contributed by atoms with Gasteiger partial charge >= 0.3 is 0 Å². The molecule has 2 aromatic rings. The van der Waals surface area contributed by atoms with Crippen LogP contribution < -0.4 is 10.6 Å². The molecule has 0 spiro atoms. The van der Waals surface area contributed by atoms with Gasteiger partial charge in [0.15, 0.2) is 4.47 Å². The molecule has 0 amide bonds. The van der Waals surface area contributed by atoms with Gasteiger partial charge in [-0.05, 0) is 30.9 Å². The third-order valence-corrected chi connectivity index (χ3v) is 4.50. The lowest BCUT2D eigenvalue weighted by molar-refractivity contribution is 0.829. The molecule has 2 heterocycles. The van der Waals surface area contributed by atoms with Gasteiger partial charge in [-0.3, -0.25) is 0 Å². The van der Waals surface area contributed by atoms with Crippen molar-refractivity contribution in [3.63, 3.8) is 0 Å². The third-order valence-electron chi connectivity index (χ3n) is 3.39. The van der Waals surface area contributed by atoms with E-state index in [-0.39, 0.29) is 0 Å². The number of halogens is 1. The molecule has 0 saturated heterocycles. The Bertz CT molecular complexity index is 594. The van der Waals surface area contributed by atoms with Crippen LogP contribution in [0.5, 0.6) is 0 Å². The van der Waals surface area contributed by atoms with Crippen molar-refractivity contribution >= 4 is 34.3 Å². The number of aromatic nitrogens is 1. The molecule has 0 atom stereocenters. The molecule has 1 aliphatic rings. The van der Waals surface area contributed by atoms with E-state index in [1.165, 1.54) is 40.3 Å². The van der Waals surface area contributed by atoms with Gasteiger partial charge in [-0.15, -0.1) is 11.3 Å². The van der Waals surface area contributed by atoms with E-state index in [2.05, 4.69) is 34.7 Å². The largest absolute Gasteiger partial charge is 0.383 e.